The van der Waals surface area contributed by atoms with E-state index >= 15 is 0 Å². The molecule has 2 aromatic rings. The average molecular weight is 305 g/mol. The Labute approximate surface area is 130 Å². The Hall–Kier alpha value is -2.28. The van der Waals surface area contributed by atoms with E-state index in [4.69, 9.17) is 10.8 Å². The molecular weight excluding hydrogens is 280 g/mol. The van der Waals surface area contributed by atoms with Crippen LogP contribution in [-0.4, -0.2) is 70.9 Å². The van der Waals surface area contributed by atoms with E-state index in [1.807, 2.05) is 49.7 Å². The molecule has 120 valence electrons. The van der Waals surface area contributed by atoms with Gasteiger partial charge in [0.15, 0.2) is 5.82 Å². The number of rotatable bonds is 8. The molecule has 2 rings (SSSR count). The number of nitrogens with zero attached hydrogens (tertiary/aromatic N) is 4. The number of likely N-dealkylation sites (N-methyl/N-ethyl adjacent to an activating group) is 1. The molecule has 2 aromatic heterocycles. The number of hydrogen-bond acceptors (Lipinski definition) is 4. The van der Waals surface area contributed by atoms with Crippen molar-refractivity contribution < 1.29 is 9.68 Å². The zero-order valence-corrected chi connectivity index (χ0v) is 13.2. The largest absolute Gasteiger partial charge is 0.394 e. The van der Waals surface area contributed by atoms with E-state index in [0.717, 1.165) is 30.8 Å². The molecule has 7 heteroatoms. The zero-order chi connectivity index (χ0) is 15.9. The SMILES string of the molecule is CN(C=[N+](C)CCCNc1nn2ccccc2c1N)CCO. The maximum Gasteiger partial charge on any atom is 0.233 e. The van der Waals surface area contributed by atoms with Gasteiger partial charge in [0.2, 0.25) is 6.34 Å². The molecule has 0 aliphatic rings. The van der Waals surface area contributed by atoms with Gasteiger partial charge >= 0.3 is 0 Å². The van der Waals surface area contributed by atoms with Crippen LogP contribution >= 0.6 is 0 Å². The van der Waals surface area contributed by atoms with Crippen molar-refractivity contribution in [3.8, 4) is 0 Å². The highest BCUT2D eigenvalue weighted by molar-refractivity contribution is 5.80. The van der Waals surface area contributed by atoms with E-state index in [2.05, 4.69) is 15.0 Å². The summed E-state index contributed by atoms with van der Waals surface area (Å²) < 4.78 is 3.88. The molecule has 4 N–H and O–H groups in total. The molecule has 7 nitrogen and oxygen atoms in total. The predicted octanol–water partition coefficient (Wildman–Crippen LogP) is 0.313. The maximum absolute atomic E-state index is 8.86. The minimum Gasteiger partial charge on any atom is -0.394 e. The van der Waals surface area contributed by atoms with E-state index < -0.39 is 0 Å². The van der Waals surface area contributed by atoms with Crippen LogP contribution in [0.3, 0.4) is 0 Å². The van der Waals surface area contributed by atoms with Crippen molar-refractivity contribution in [3.63, 3.8) is 0 Å². The van der Waals surface area contributed by atoms with E-state index in [0.29, 0.717) is 12.2 Å². The van der Waals surface area contributed by atoms with Gasteiger partial charge in [0.25, 0.3) is 0 Å². The lowest BCUT2D eigenvalue weighted by atomic mass is 10.3. The normalized spacial score (nSPS) is 11.9. The molecule has 0 radical (unpaired) electrons. The lowest BCUT2D eigenvalue weighted by Crippen LogP contribution is -2.26. The Morgan fingerprint density at radius 2 is 2.32 bits per heavy atom. The standard InChI is InChI=1S/C15H25N6O/c1-19(12-20(2)10-11-22)8-5-7-17-15-14(16)13-6-3-4-9-21(13)18-15/h3-4,6,9,12,22H,5,7-8,10-11,16H2,1-2H3,(H,17,18)/q+1. The van der Waals surface area contributed by atoms with Crippen LogP contribution < -0.4 is 11.1 Å². The Kier molecular flexibility index (Phi) is 5.60. The van der Waals surface area contributed by atoms with Crippen LogP contribution in [-0.2, 0) is 0 Å². The Balaban J connectivity index is 1.82. The van der Waals surface area contributed by atoms with Crippen molar-refractivity contribution in [1.29, 1.82) is 0 Å². The maximum atomic E-state index is 8.86. The van der Waals surface area contributed by atoms with Crippen molar-refractivity contribution in [2.24, 2.45) is 0 Å². The number of aliphatic hydroxyl groups excluding tert-OH is 1. The van der Waals surface area contributed by atoms with Gasteiger partial charge in [0, 0.05) is 19.2 Å². The van der Waals surface area contributed by atoms with Crippen LogP contribution in [0.15, 0.2) is 24.4 Å². The first-order valence-corrected chi connectivity index (χ1v) is 7.45. The van der Waals surface area contributed by atoms with E-state index in [-0.39, 0.29) is 6.61 Å². The fourth-order valence-electron chi connectivity index (χ4n) is 2.29. The molecule has 22 heavy (non-hydrogen) atoms. The molecule has 0 spiro atoms. The van der Waals surface area contributed by atoms with Gasteiger partial charge in [-0.15, -0.1) is 5.10 Å². The molecule has 0 aromatic carbocycles. The summed E-state index contributed by atoms with van der Waals surface area (Å²) in [7, 11) is 3.97. The lowest BCUT2D eigenvalue weighted by Gasteiger charge is -2.08. The van der Waals surface area contributed by atoms with Gasteiger partial charge in [-0.1, -0.05) is 6.07 Å². The molecule has 0 saturated carbocycles. The number of aliphatic hydroxyl groups is 1. The van der Waals surface area contributed by atoms with E-state index in [9.17, 15) is 0 Å². The first kappa shape index (κ1) is 16.1. The minimum atomic E-state index is 0.162. The van der Waals surface area contributed by atoms with E-state index in [1.54, 1.807) is 4.52 Å². The number of anilines is 2. The zero-order valence-electron chi connectivity index (χ0n) is 13.2. The summed E-state index contributed by atoms with van der Waals surface area (Å²) in [6.45, 7) is 2.52. The molecule has 0 unspecified atom stereocenters. The van der Waals surface area contributed by atoms with Crippen LogP contribution in [0.4, 0.5) is 11.5 Å². The smallest absolute Gasteiger partial charge is 0.233 e. The second-order valence-electron chi connectivity index (χ2n) is 5.37. The number of hydrogen-bond donors (Lipinski definition) is 3. The Bertz CT molecular complexity index is 636. The molecular formula is C15H25N6O+. The highest BCUT2D eigenvalue weighted by Crippen LogP contribution is 2.22. The Morgan fingerprint density at radius 3 is 3.05 bits per heavy atom. The van der Waals surface area contributed by atoms with E-state index in [1.165, 1.54) is 0 Å². The van der Waals surface area contributed by atoms with Gasteiger partial charge in [-0.25, -0.2) is 4.52 Å². The highest BCUT2D eigenvalue weighted by atomic mass is 16.3. The molecule has 0 aliphatic heterocycles. The van der Waals surface area contributed by atoms with Gasteiger partial charge in [0.05, 0.1) is 32.8 Å². The molecule has 0 bridgehead atoms. The summed E-state index contributed by atoms with van der Waals surface area (Å²) in [6, 6.07) is 5.83. The van der Waals surface area contributed by atoms with Gasteiger partial charge in [0.1, 0.15) is 12.2 Å². The second-order valence-corrected chi connectivity index (χ2v) is 5.37. The number of aromatic nitrogens is 2. The number of pyridine rings is 1. The third-order valence-electron chi connectivity index (χ3n) is 3.41. The first-order chi connectivity index (χ1) is 10.6. The number of nitrogens with two attached hydrogens (primary N) is 1. The molecule has 0 fully saturated rings. The highest BCUT2D eigenvalue weighted by Gasteiger charge is 2.08. The topological polar surface area (TPSA) is 81.8 Å². The third-order valence-corrected chi connectivity index (χ3v) is 3.41. The summed E-state index contributed by atoms with van der Waals surface area (Å²) in [4.78, 5) is 1.97. The molecule has 2 heterocycles. The summed E-state index contributed by atoms with van der Waals surface area (Å²) in [5.41, 5.74) is 7.69. The Morgan fingerprint density at radius 1 is 1.50 bits per heavy atom. The first-order valence-electron chi connectivity index (χ1n) is 7.45. The van der Waals surface area contributed by atoms with Crippen molar-refractivity contribution in [2.75, 3.05) is 51.4 Å². The van der Waals surface area contributed by atoms with Gasteiger partial charge in [-0.2, -0.15) is 0 Å². The monoisotopic (exact) mass is 305 g/mol. The molecule has 0 saturated heterocycles. The predicted molar refractivity (Wildman–Crippen MR) is 89.5 cm³/mol. The van der Waals surface area contributed by atoms with Crippen molar-refractivity contribution in [1.82, 2.24) is 14.5 Å². The van der Waals surface area contributed by atoms with Crippen LogP contribution in [0.2, 0.25) is 0 Å². The summed E-state index contributed by atoms with van der Waals surface area (Å²) in [5.74, 6) is 0.732. The van der Waals surface area contributed by atoms with Gasteiger partial charge in [-0.05, 0) is 12.1 Å². The fraction of sp³-hybridized carbons (Fsp3) is 0.467. The fourth-order valence-corrected chi connectivity index (χ4v) is 2.29. The molecule has 0 atom stereocenters. The van der Waals surface area contributed by atoms with Crippen LogP contribution in [0.5, 0.6) is 0 Å². The third kappa shape index (κ3) is 4.11. The van der Waals surface area contributed by atoms with Crippen molar-refractivity contribution in [3.05, 3.63) is 24.4 Å². The molecule has 0 amide bonds. The summed E-state index contributed by atoms with van der Waals surface area (Å²) >= 11 is 0. The lowest BCUT2D eigenvalue weighted by molar-refractivity contribution is -0.497. The second kappa shape index (κ2) is 7.65. The molecule has 0 aliphatic carbocycles. The summed E-state index contributed by atoms with van der Waals surface area (Å²) in [6.07, 6.45) is 4.85. The van der Waals surface area contributed by atoms with Crippen molar-refractivity contribution >= 4 is 23.4 Å². The number of fused-ring (bicyclic) bond motifs is 1. The van der Waals surface area contributed by atoms with Crippen LogP contribution in [0.25, 0.3) is 5.52 Å². The quantitative estimate of drug-likeness (QED) is 0.283. The van der Waals surface area contributed by atoms with Crippen LogP contribution in [0.1, 0.15) is 6.42 Å². The van der Waals surface area contributed by atoms with Gasteiger partial charge < -0.3 is 16.2 Å². The van der Waals surface area contributed by atoms with Crippen molar-refractivity contribution in [2.45, 2.75) is 6.42 Å². The average Bonchev–Trinajstić information content (AvgIpc) is 2.81. The van der Waals surface area contributed by atoms with Crippen LogP contribution in [0, 0.1) is 0 Å². The number of nitrogens with one attached hydrogen (secondary N) is 1. The van der Waals surface area contributed by atoms with Gasteiger partial charge in [-0.3, -0.25) is 9.48 Å². The summed E-state index contributed by atoms with van der Waals surface area (Å²) in [5, 5.41) is 16.6. The minimum absolute atomic E-state index is 0.162. The number of nitrogen functional groups attached to an aromatic ring is 1.